The number of aryl methyl sites for hydroxylation is 1. The minimum atomic E-state index is -0.492. The number of hydrogen-bond acceptors (Lipinski definition) is 2. The first-order valence-electron chi connectivity index (χ1n) is 5.29. The third kappa shape index (κ3) is 2.19. The predicted molar refractivity (Wildman–Crippen MR) is 56.8 cm³/mol. The van der Waals surface area contributed by atoms with Crippen LogP contribution < -0.4 is 5.73 Å². The average molecular weight is 209 g/mol. The maximum Gasteiger partial charge on any atom is 0.123 e. The lowest BCUT2D eigenvalue weighted by Gasteiger charge is -2.20. The van der Waals surface area contributed by atoms with E-state index >= 15 is 0 Å². The first-order valence-corrected chi connectivity index (χ1v) is 5.29. The minimum Gasteiger partial charge on any atom is -0.391 e. The van der Waals surface area contributed by atoms with Crippen LogP contribution in [0.15, 0.2) is 18.2 Å². The van der Waals surface area contributed by atoms with Crippen LogP contribution in [-0.4, -0.2) is 11.2 Å². The van der Waals surface area contributed by atoms with Crippen LogP contribution in [0.1, 0.15) is 30.0 Å². The van der Waals surface area contributed by atoms with E-state index < -0.39 is 12.1 Å². The summed E-state index contributed by atoms with van der Waals surface area (Å²) >= 11 is 0. The first kappa shape index (κ1) is 10.6. The number of nitrogens with two attached hydrogens (primary N) is 1. The fourth-order valence-corrected chi connectivity index (χ4v) is 1.93. The van der Waals surface area contributed by atoms with Crippen LogP contribution in [0.2, 0.25) is 0 Å². The fraction of sp³-hybridized carbons (Fsp3) is 0.500. The van der Waals surface area contributed by atoms with Crippen molar-refractivity contribution in [3.8, 4) is 0 Å². The van der Waals surface area contributed by atoms with E-state index in [2.05, 4.69) is 0 Å². The molecule has 1 aliphatic carbocycles. The van der Waals surface area contributed by atoms with Gasteiger partial charge in [-0.25, -0.2) is 4.39 Å². The van der Waals surface area contributed by atoms with E-state index in [9.17, 15) is 9.50 Å². The van der Waals surface area contributed by atoms with Crippen molar-refractivity contribution < 1.29 is 9.50 Å². The lowest BCUT2D eigenvalue weighted by molar-refractivity contribution is 0.122. The Morgan fingerprint density at radius 2 is 2.13 bits per heavy atom. The Bertz CT molecular complexity index is 363. The number of hydrogen-bond donors (Lipinski definition) is 2. The van der Waals surface area contributed by atoms with Crippen molar-refractivity contribution >= 4 is 0 Å². The largest absolute Gasteiger partial charge is 0.391 e. The van der Waals surface area contributed by atoms with Gasteiger partial charge >= 0.3 is 0 Å². The Labute approximate surface area is 88.9 Å². The lowest BCUT2D eigenvalue weighted by Crippen LogP contribution is -2.28. The topological polar surface area (TPSA) is 46.2 Å². The zero-order valence-electron chi connectivity index (χ0n) is 8.78. The Hall–Kier alpha value is -0.930. The molecular formula is C12H16FNO. The van der Waals surface area contributed by atoms with Gasteiger partial charge in [-0.3, -0.25) is 0 Å². The molecule has 82 valence electrons. The molecule has 3 N–H and O–H groups in total. The molecule has 0 saturated heterocycles. The molecule has 2 atom stereocenters. The van der Waals surface area contributed by atoms with Crippen LogP contribution in [-0.2, 0) is 0 Å². The summed E-state index contributed by atoms with van der Waals surface area (Å²) in [5.74, 6) is 0.0776. The van der Waals surface area contributed by atoms with Crippen LogP contribution in [0.3, 0.4) is 0 Å². The quantitative estimate of drug-likeness (QED) is 0.798. The summed E-state index contributed by atoms with van der Waals surface area (Å²) in [5.41, 5.74) is 7.61. The highest BCUT2D eigenvalue weighted by Crippen LogP contribution is 2.37. The predicted octanol–water partition coefficient (Wildman–Crippen LogP) is 1.90. The molecule has 0 bridgehead atoms. The number of benzene rings is 1. The number of halogens is 1. The van der Waals surface area contributed by atoms with E-state index in [-0.39, 0.29) is 5.82 Å². The highest BCUT2D eigenvalue weighted by atomic mass is 19.1. The Balaban J connectivity index is 2.20. The van der Waals surface area contributed by atoms with E-state index in [0.29, 0.717) is 5.92 Å². The molecule has 1 aliphatic rings. The highest BCUT2D eigenvalue weighted by Gasteiger charge is 2.34. The molecule has 3 heteroatoms. The molecule has 1 saturated carbocycles. The van der Waals surface area contributed by atoms with Gasteiger partial charge in [0, 0.05) is 0 Å². The van der Waals surface area contributed by atoms with Gasteiger partial charge in [0.05, 0.1) is 12.1 Å². The SMILES string of the molecule is Cc1cc(F)ccc1[C@@H](N)[C@@H](O)C1CC1. The second-order valence-corrected chi connectivity index (χ2v) is 4.35. The van der Waals surface area contributed by atoms with Gasteiger partial charge in [0.15, 0.2) is 0 Å². The summed E-state index contributed by atoms with van der Waals surface area (Å²) in [4.78, 5) is 0. The lowest BCUT2D eigenvalue weighted by atomic mass is 9.95. The van der Waals surface area contributed by atoms with E-state index in [4.69, 9.17) is 5.73 Å². The van der Waals surface area contributed by atoms with E-state index in [1.54, 1.807) is 6.07 Å². The average Bonchev–Trinajstić information content (AvgIpc) is 2.99. The highest BCUT2D eigenvalue weighted by molar-refractivity contribution is 5.30. The van der Waals surface area contributed by atoms with Crippen LogP contribution in [0.4, 0.5) is 4.39 Å². The van der Waals surface area contributed by atoms with Crippen LogP contribution in [0.5, 0.6) is 0 Å². The van der Waals surface area contributed by atoms with Gasteiger partial charge in [-0.2, -0.15) is 0 Å². The Morgan fingerprint density at radius 3 is 2.67 bits per heavy atom. The molecule has 2 rings (SSSR count). The Morgan fingerprint density at radius 1 is 1.47 bits per heavy atom. The van der Waals surface area contributed by atoms with Crippen molar-refractivity contribution in [3.05, 3.63) is 35.1 Å². The summed E-state index contributed by atoms with van der Waals surface area (Å²) < 4.78 is 12.9. The summed E-state index contributed by atoms with van der Waals surface area (Å²) in [5, 5.41) is 9.89. The summed E-state index contributed by atoms with van der Waals surface area (Å²) in [7, 11) is 0. The molecule has 0 aliphatic heterocycles. The third-order valence-electron chi connectivity index (χ3n) is 3.06. The van der Waals surface area contributed by atoms with Gasteiger partial charge in [-0.1, -0.05) is 6.07 Å². The van der Waals surface area contributed by atoms with Crippen molar-refractivity contribution in [2.45, 2.75) is 31.9 Å². The molecule has 0 unspecified atom stereocenters. The molecule has 0 amide bonds. The minimum absolute atomic E-state index is 0.260. The summed E-state index contributed by atoms with van der Waals surface area (Å²) in [6.45, 7) is 1.82. The number of rotatable bonds is 3. The monoisotopic (exact) mass is 209 g/mol. The van der Waals surface area contributed by atoms with Gasteiger partial charge in [0.25, 0.3) is 0 Å². The standard InChI is InChI=1S/C12H16FNO/c1-7-6-9(13)4-5-10(7)11(14)12(15)8-2-3-8/h4-6,8,11-12,15H,2-3,14H2,1H3/t11-,12+/m1/s1. The van der Waals surface area contributed by atoms with Gasteiger partial charge in [-0.05, 0) is 48.9 Å². The third-order valence-corrected chi connectivity index (χ3v) is 3.06. The molecule has 15 heavy (non-hydrogen) atoms. The van der Waals surface area contributed by atoms with Crippen molar-refractivity contribution in [2.24, 2.45) is 11.7 Å². The van der Waals surface area contributed by atoms with Gasteiger partial charge < -0.3 is 10.8 Å². The van der Waals surface area contributed by atoms with Gasteiger partial charge in [0.1, 0.15) is 5.82 Å². The number of aliphatic hydroxyl groups is 1. The molecule has 0 heterocycles. The Kier molecular flexibility index (Phi) is 2.76. The van der Waals surface area contributed by atoms with Gasteiger partial charge in [-0.15, -0.1) is 0 Å². The molecule has 0 radical (unpaired) electrons. The molecule has 1 aromatic carbocycles. The molecular weight excluding hydrogens is 193 g/mol. The smallest absolute Gasteiger partial charge is 0.123 e. The second-order valence-electron chi connectivity index (χ2n) is 4.35. The van der Waals surface area contributed by atoms with E-state index in [1.165, 1.54) is 12.1 Å². The van der Waals surface area contributed by atoms with Crippen LogP contribution in [0.25, 0.3) is 0 Å². The molecule has 1 aromatic rings. The van der Waals surface area contributed by atoms with Crippen LogP contribution in [0, 0.1) is 18.7 Å². The van der Waals surface area contributed by atoms with Crippen LogP contribution >= 0.6 is 0 Å². The maximum absolute atomic E-state index is 12.9. The molecule has 2 nitrogen and oxygen atoms in total. The number of aliphatic hydroxyl groups excluding tert-OH is 1. The van der Waals surface area contributed by atoms with E-state index in [1.807, 2.05) is 6.92 Å². The fourth-order valence-electron chi connectivity index (χ4n) is 1.93. The van der Waals surface area contributed by atoms with Crippen molar-refractivity contribution in [1.82, 2.24) is 0 Å². The zero-order chi connectivity index (χ0) is 11.0. The van der Waals surface area contributed by atoms with Gasteiger partial charge in [0.2, 0.25) is 0 Å². The van der Waals surface area contributed by atoms with Crippen molar-refractivity contribution in [3.63, 3.8) is 0 Å². The molecule has 1 fully saturated rings. The van der Waals surface area contributed by atoms with Crippen molar-refractivity contribution in [2.75, 3.05) is 0 Å². The van der Waals surface area contributed by atoms with E-state index in [0.717, 1.165) is 24.0 Å². The first-order chi connectivity index (χ1) is 7.09. The zero-order valence-corrected chi connectivity index (χ0v) is 8.78. The second kappa shape index (κ2) is 3.91. The summed E-state index contributed by atoms with van der Waals surface area (Å²) in [6.07, 6.45) is 1.61. The normalized spacial score (nSPS) is 20.0. The summed E-state index contributed by atoms with van der Waals surface area (Å²) in [6, 6.07) is 4.12. The maximum atomic E-state index is 12.9. The molecule has 0 aromatic heterocycles. The van der Waals surface area contributed by atoms with Crippen molar-refractivity contribution in [1.29, 1.82) is 0 Å². The molecule has 0 spiro atoms.